The minimum absolute atomic E-state index is 0.0324. The lowest BCUT2D eigenvalue weighted by molar-refractivity contribution is -0.136. The average Bonchev–Trinajstić information content (AvgIpc) is 2.84. The maximum absolute atomic E-state index is 13.1. The minimum atomic E-state index is -0.338. The van der Waals surface area contributed by atoms with Crippen LogP contribution in [0.4, 0.5) is 5.69 Å². The Morgan fingerprint density at radius 1 is 0.879 bits per heavy atom. The summed E-state index contributed by atoms with van der Waals surface area (Å²) < 4.78 is 10.5. The van der Waals surface area contributed by atoms with Gasteiger partial charge < -0.3 is 14.8 Å². The van der Waals surface area contributed by atoms with E-state index in [1.165, 1.54) is 18.2 Å². The first-order valence-corrected chi connectivity index (χ1v) is 11.1. The van der Waals surface area contributed by atoms with Crippen LogP contribution in [-0.2, 0) is 9.53 Å². The lowest BCUT2D eigenvalue weighted by Crippen LogP contribution is -2.38. The van der Waals surface area contributed by atoms with E-state index >= 15 is 0 Å². The van der Waals surface area contributed by atoms with Crippen molar-refractivity contribution in [3.05, 3.63) is 106 Å². The fourth-order valence-corrected chi connectivity index (χ4v) is 4.48. The van der Waals surface area contributed by atoms with Gasteiger partial charge in [0.15, 0.2) is 0 Å². The van der Waals surface area contributed by atoms with Gasteiger partial charge in [0.2, 0.25) is 0 Å². The van der Waals surface area contributed by atoms with Gasteiger partial charge in [-0.3, -0.25) is 5.32 Å². The summed E-state index contributed by atoms with van der Waals surface area (Å²) in [5.74, 6) is 0.443. The second-order valence-corrected chi connectivity index (χ2v) is 8.31. The number of carbonyl (C=O) groups excluding carboxylic acids is 1. The van der Waals surface area contributed by atoms with Gasteiger partial charge in [-0.2, -0.15) is 0 Å². The molecule has 0 radical (unpaired) electrons. The number of rotatable bonds is 6. The van der Waals surface area contributed by atoms with Gasteiger partial charge in [0.05, 0.1) is 25.8 Å². The smallest absolute Gasteiger partial charge is 0.337 e. The Morgan fingerprint density at radius 3 is 2.06 bits per heavy atom. The molecular formula is C28H30N2O3. The third-order valence-corrected chi connectivity index (χ3v) is 6.24. The molecule has 5 heteroatoms. The van der Waals surface area contributed by atoms with Crippen LogP contribution in [-0.4, -0.2) is 20.2 Å². The first kappa shape index (κ1) is 22.6. The van der Waals surface area contributed by atoms with E-state index in [0.717, 1.165) is 28.3 Å². The number of aryl methyl sites for hydroxylation is 2. The molecule has 2 N–H and O–H groups in total. The summed E-state index contributed by atoms with van der Waals surface area (Å²) >= 11 is 0. The van der Waals surface area contributed by atoms with Gasteiger partial charge in [0, 0.05) is 23.8 Å². The molecular weight excluding hydrogens is 412 g/mol. The summed E-state index contributed by atoms with van der Waals surface area (Å²) in [6.07, 6.45) is 0.629. The lowest BCUT2D eigenvalue weighted by atomic mass is 9.84. The molecule has 3 aromatic rings. The first-order chi connectivity index (χ1) is 16.0. The fraction of sp³-hybridized carbons (Fsp3) is 0.250. The van der Waals surface area contributed by atoms with Crippen molar-refractivity contribution in [3.8, 4) is 5.75 Å². The Labute approximate surface area is 195 Å². The topological polar surface area (TPSA) is 59.6 Å². The summed E-state index contributed by atoms with van der Waals surface area (Å²) in [5.41, 5.74) is 6.95. The van der Waals surface area contributed by atoms with Crippen LogP contribution >= 0.6 is 0 Å². The first-order valence-electron chi connectivity index (χ1n) is 11.1. The largest absolute Gasteiger partial charge is 0.497 e. The molecule has 170 valence electrons. The average molecular weight is 443 g/mol. The van der Waals surface area contributed by atoms with Gasteiger partial charge in [-0.05, 0) is 60.4 Å². The number of nitrogens with one attached hydrogen (secondary N) is 2. The number of hydrogen-bond donors (Lipinski definition) is 2. The maximum atomic E-state index is 13.1. The molecule has 0 aromatic heterocycles. The Bertz CT molecular complexity index is 1170. The van der Waals surface area contributed by atoms with Crippen LogP contribution in [0.25, 0.3) is 0 Å². The molecule has 5 nitrogen and oxygen atoms in total. The second kappa shape index (κ2) is 9.92. The van der Waals surface area contributed by atoms with Gasteiger partial charge in [-0.1, -0.05) is 48.5 Å². The molecule has 0 saturated heterocycles. The van der Waals surface area contributed by atoms with Gasteiger partial charge in [-0.25, -0.2) is 4.79 Å². The predicted octanol–water partition coefficient (Wildman–Crippen LogP) is 5.63. The Balaban J connectivity index is 1.84. The highest BCUT2D eigenvalue weighted by Gasteiger charge is 2.36. The second-order valence-electron chi connectivity index (χ2n) is 8.31. The monoisotopic (exact) mass is 442 g/mol. The van der Waals surface area contributed by atoms with Crippen LogP contribution in [0.1, 0.15) is 40.8 Å². The normalized spacial score (nSPS) is 18.1. The van der Waals surface area contributed by atoms with E-state index in [1.54, 1.807) is 7.11 Å². The lowest BCUT2D eigenvalue weighted by Gasteiger charge is -2.36. The minimum Gasteiger partial charge on any atom is -0.497 e. The molecule has 2 atom stereocenters. The number of hydrogen-bond acceptors (Lipinski definition) is 5. The zero-order chi connectivity index (χ0) is 23.4. The van der Waals surface area contributed by atoms with Gasteiger partial charge >= 0.3 is 5.97 Å². The summed E-state index contributed by atoms with van der Waals surface area (Å²) in [7, 11) is 3.08. The fourth-order valence-electron chi connectivity index (χ4n) is 4.48. The number of esters is 1. The standard InChI is InChI=1S/C28H30N2O3/c1-18-9-5-7-11-22(18)24-17-25(29-20-13-15-21(32-3)16-14-20)26(28(31)33-4)27(30-24)23-12-8-6-10-19(23)2/h5-16,24,27,29-30H,17H2,1-4H3/t24-,27+/m0/s1. The van der Waals surface area contributed by atoms with E-state index < -0.39 is 0 Å². The molecule has 0 amide bonds. The Kier molecular flexibility index (Phi) is 6.80. The molecule has 0 spiro atoms. The number of ether oxygens (including phenoxy) is 2. The molecule has 0 bridgehead atoms. The highest BCUT2D eigenvalue weighted by molar-refractivity contribution is 5.92. The molecule has 1 aliphatic heterocycles. The third kappa shape index (κ3) is 4.78. The van der Waals surface area contributed by atoms with Crippen molar-refractivity contribution in [2.45, 2.75) is 32.4 Å². The van der Waals surface area contributed by atoms with Crippen LogP contribution in [0.15, 0.2) is 84.1 Å². The number of carbonyl (C=O) groups is 1. The number of methoxy groups -OCH3 is 2. The van der Waals surface area contributed by atoms with Crippen molar-refractivity contribution in [1.29, 1.82) is 0 Å². The van der Waals surface area contributed by atoms with Crippen molar-refractivity contribution in [2.24, 2.45) is 0 Å². The van der Waals surface area contributed by atoms with Gasteiger partial charge in [-0.15, -0.1) is 0 Å². The molecule has 3 aromatic carbocycles. The summed E-state index contributed by atoms with van der Waals surface area (Å²) in [6.45, 7) is 4.19. The summed E-state index contributed by atoms with van der Waals surface area (Å²) in [6, 6.07) is 24.0. The summed E-state index contributed by atoms with van der Waals surface area (Å²) in [5, 5.41) is 7.27. The Morgan fingerprint density at radius 2 is 1.48 bits per heavy atom. The van der Waals surface area contributed by atoms with E-state index in [1.807, 2.05) is 42.5 Å². The van der Waals surface area contributed by atoms with Gasteiger partial charge in [0.25, 0.3) is 0 Å². The van der Waals surface area contributed by atoms with Crippen molar-refractivity contribution in [2.75, 3.05) is 19.5 Å². The molecule has 4 rings (SSSR count). The molecule has 0 fully saturated rings. The molecule has 1 heterocycles. The maximum Gasteiger partial charge on any atom is 0.337 e. The molecule has 0 aliphatic carbocycles. The van der Waals surface area contributed by atoms with E-state index in [-0.39, 0.29) is 18.1 Å². The zero-order valence-corrected chi connectivity index (χ0v) is 19.5. The highest BCUT2D eigenvalue weighted by atomic mass is 16.5. The number of anilines is 1. The van der Waals surface area contributed by atoms with Crippen LogP contribution in [0.3, 0.4) is 0 Å². The quantitative estimate of drug-likeness (QED) is 0.485. The van der Waals surface area contributed by atoms with E-state index in [4.69, 9.17) is 9.47 Å². The van der Waals surface area contributed by atoms with Crippen molar-refractivity contribution in [3.63, 3.8) is 0 Å². The molecule has 0 unspecified atom stereocenters. The molecule has 0 saturated carbocycles. The predicted molar refractivity (Wildman–Crippen MR) is 131 cm³/mol. The zero-order valence-electron chi connectivity index (χ0n) is 19.5. The summed E-state index contributed by atoms with van der Waals surface area (Å²) in [4.78, 5) is 13.1. The van der Waals surface area contributed by atoms with E-state index in [2.05, 4.69) is 54.8 Å². The Hall–Kier alpha value is -3.57. The molecule has 33 heavy (non-hydrogen) atoms. The highest BCUT2D eigenvalue weighted by Crippen LogP contribution is 2.39. The van der Waals surface area contributed by atoms with Crippen LogP contribution in [0, 0.1) is 13.8 Å². The van der Waals surface area contributed by atoms with Crippen LogP contribution in [0.2, 0.25) is 0 Å². The van der Waals surface area contributed by atoms with Crippen LogP contribution < -0.4 is 15.4 Å². The van der Waals surface area contributed by atoms with Crippen molar-refractivity contribution < 1.29 is 14.3 Å². The van der Waals surface area contributed by atoms with Crippen molar-refractivity contribution in [1.82, 2.24) is 5.32 Å². The van der Waals surface area contributed by atoms with Crippen LogP contribution in [0.5, 0.6) is 5.75 Å². The van der Waals surface area contributed by atoms with Gasteiger partial charge in [0.1, 0.15) is 5.75 Å². The van der Waals surface area contributed by atoms with E-state index in [0.29, 0.717) is 12.0 Å². The van der Waals surface area contributed by atoms with Crippen molar-refractivity contribution >= 4 is 11.7 Å². The number of benzene rings is 3. The molecule has 1 aliphatic rings. The van der Waals surface area contributed by atoms with E-state index in [9.17, 15) is 4.79 Å². The third-order valence-electron chi connectivity index (χ3n) is 6.24. The SMILES string of the molecule is COC(=O)C1=C(Nc2ccc(OC)cc2)C[C@@H](c2ccccc2C)N[C@@H]1c1ccccc1C.